The van der Waals surface area contributed by atoms with E-state index in [0.29, 0.717) is 16.9 Å². The second-order valence-corrected chi connectivity index (χ2v) is 6.65. The highest BCUT2D eigenvalue weighted by atomic mass is 16.6. The molecule has 1 amide bonds. The highest BCUT2D eigenvalue weighted by Crippen LogP contribution is 2.40. The van der Waals surface area contributed by atoms with Crippen molar-refractivity contribution in [3.63, 3.8) is 0 Å². The van der Waals surface area contributed by atoms with Crippen LogP contribution in [0.2, 0.25) is 0 Å². The molecule has 9 nitrogen and oxygen atoms in total. The number of carbonyl (C=O) groups is 2. The first-order valence-corrected chi connectivity index (χ1v) is 9.17. The van der Waals surface area contributed by atoms with Crippen molar-refractivity contribution in [2.75, 3.05) is 20.3 Å². The summed E-state index contributed by atoms with van der Waals surface area (Å²) in [6.45, 7) is -0.101. The van der Waals surface area contributed by atoms with Crippen LogP contribution in [-0.4, -0.2) is 52.0 Å². The van der Waals surface area contributed by atoms with Crippen molar-refractivity contribution in [3.8, 4) is 5.75 Å². The number of ketones is 1. The topological polar surface area (TPSA) is 130 Å². The summed E-state index contributed by atoms with van der Waals surface area (Å²) in [4.78, 5) is 37.1. The molecule has 0 radical (unpaired) electrons. The van der Waals surface area contributed by atoms with E-state index >= 15 is 0 Å². The molecule has 2 aromatic rings. The van der Waals surface area contributed by atoms with E-state index < -0.39 is 22.7 Å². The van der Waals surface area contributed by atoms with Crippen LogP contribution in [0.25, 0.3) is 5.76 Å². The van der Waals surface area contributed by atoms with E-state index in [1.54, 1.807) is 24.3 Å². The highest BCUT2D eigenvalue weighted by molar-refractivity contribution is 6.46. The number of nitro groups is 1. The maximum atomic E-state index is 12.8. The lowest BCUT2D eigenvalue weighted by atomic mass is 9.95. The van der Waals surface area contributed by atoms with Gasteiger partial charge in [0.15, 0.2) is 0 Å². The van der Waals surface area contributed by atoms with Gasteiger partial charge in [0.25, 0.3) is 17.4 Å². The first-order valence-electron chi connectivity index (χ1n) is 9.17. The number of methoxy groups -OCH3 is 1. The Balaban J connectivity index is 2.12. The molecule has 1 aliphatic rings. The Hall–Kier alpha value is -3.72. The summed E-state index contributed by atoms with van der Waals surface area (Å²) in [5.74, 6) is -1.46. The number of amides is 1. The average molecular weight is 412 g/mol. The molecule has 156 valence electrons. The fraction of sp³-hybridized carbons (Fsp3) is 0.238. The number of nitrogens with zero attached hydrogens (tertiary/aromatic N) is 2. The number of hydrogen-bond acceptors (Lipinski definition) is 7. The largest absolute Gasteiger partial charge is 0.507 e. The number of nitro benzene ring substituents is 1. The van der Waals surface area contributed by atoms with Crippen LogP contribution in [0.3, 0.4) is 0 Å². The van der Waals surface area contributed by atoms with Gasteiger partial charge in [-0.25, -0.2) is 0 Å². The quantitative estimate of drug-likeness (QED) is 0.235. The standard InChI is InChI=1S/C21H20N2O7/c1-30-16-9-5-14(6-10-16)19(25)17-18(13-3-7-15(8-4-13)23(28)29)22(11-2-12-24)21(27)20(17)26/h3-10,18,24-25H,2,11-12H2,1H3/t18-/m0/s1. The Bertz CT molecular complexity index is 997. The molecule has 1 aliphatic heterocycles. The minimum atomic E-state index is -0.931. The second kappa shape index (κ2) is 8.75. The van der Waals surface area contributed by atoms with Crippen molar-refractivity contribution in [2.24, 2.45) is 0 Å². The molecule has 0 aromatic heterocycles. The number of non-ortho nitro benzene ring substituents is 1. The fourth-order valence-corrected chi connectivity index (χ4v) is 3.38. The molecule has 1 saturated heterocycles. The molecule has 30 heavy (non-hydrogen) atoms. The summed E-state index contributed by atoms with van der Waals surface area (Å²) >= 11 is 0. The Kier molecular flexibility index (Phi) is 6.12. The van der Waals surface area contributed by atoms with Crippen molar-refractivity contribution in [3.05, 3.63) is 75.3 Å². The highest BCUT2D eigenvalue weighted by Gasteiger charge is 2.45. The fourth-order valence-electron chi connectivity index (χ4n) is 3.38. The molecule has 3 rings (SSSR count). The number of aliphatic hydroxyl groups is 2. The molecule has 2 aromatic carbocycles. The second-order valence-electron chi connectivity index (χ2n) is 6.65. The van der Waals surface area contributed by atoms with Gasteiger partial charge in [-0.15, -0.1) is 0 Å². The van der Waals surface area contributed by atoms with E-state index in [1.165, 1.54) is 36.3 Å². The van der Waals surface area contributed by atoms with Gasteiger partial charge in [0.1, 0.15) is 11.5 Å². The molecule has 9 heteroatoms. The third-order valence-electron chi connectivity index (χ3n) is 4.88. The van der Waals surface area contributed by atoms with E-state index in [2.05, 4.69) is 0 Å². The van der Waals surface area contributed by atoms with Crippen LogP contribution < -0.4 is 4.74 Å². The molecule has 0 bridgehead atoms. The van der Waals surface area contributed by atoms with Gasteiger partial charge >= 0.3 is 0 Å². The van der Waals surface area contributed by atoms with Crippen LogP contribution in [0, 0.1) is 10.1 Å². The monoisotopic (exact) mass is 412 g/mol. The van der Waals surface area contributed by atoms with Crippen molar-refractivity contribution in [1.82, 2.24) is 4.90 Å². The predicted molar refractivity (Wildman–Crippen MR) is 107 cm³/mol. The molecule has 1 fully saturated rings. The van der Waals surface area contributed by atoms with Crippen LogP contribution >= 0.6 is 0 Å². The van der Waals surface area contributed by atoms with Crippen molar-refractivity contribution < 1.29 is 29.5 Å². The third kappa shape index (κ3) is 3.87. The Morgan fingerprint density at radius 2 is 1.77 bits per heavy atom. The number of aliphatic hydroxyl groups excluding tert-OH is 2. The summed E-state index contributed by atoms with van der Waals surface area (Å²) in [7, 11) is 1.50. The first-order chi connectivity index (χ1) is 14.4. The van der Waals surface area contributed by atoms with E-state index in [4.69, 9.17) is 9.84 Å². The zero-order valence-corrected chi connectivity index (χ0v) is 16.1. The summed E-state index contributed by atoms with van der Waals surface area (Å²) in [6.07, 6.45) is 0.235. The van der Waals surface area contributed by atoms with Crippen molar-refractivity contribution in [1.29, 1.82) is 0 Å². The Morgan fingerprint density at radius 3 is 2.30 bits per heavy atom. The molecule has 1 atom stereocenters. The minimum Gasteiger partial charge on any atom is -0.507 e. The average Bonchev–Trinajstić information content (AvgIpc) is 3.02. The van der Waals surface area contributed by atoms with Crippen LogP contribution in [0.15, 0.2) is 54.1 Å². The smallest absolute Gasteiger partial charge is 0.295 e. The maximum Gasteiger partial charge on any atom is 0.295 e. The van der Waals surface area contributed by atoms with Gasteiger partial charge in [0, 0.05) is 30.8 Å². The zero-order valence-electron chi connectivity index (χ0n) is 16.1. The number of benzene rings is 2. The summed E-state index contributed by atoms with van der Waals surface area (Å²) in [5.41, 5.74) is 0.508. The van der Waals surface area contributed by atoms with Crippen molar-refractivity contribution in [2.45, 2.75) is 12.5 Å². The molecular weight excluding hydrogens is 392 g/mol. The van der Waals surface area contributed by atoms with Gasteiger partial charge < -0.3 is 19.8 Å². The normalized spacial score (nSPS) is 17.9. The lowest BCUT2D eigenvalue weighted by molar-refractivity contribution is -0.384. The number of ether oxygens (including phenoxy) is 1. The number of Topliss-reactive ketones (excluding diaryl/α,β-unsaturated/α-hetero) is 1. The summed E-state index contributed by atoms with van der Waals surface area (Å²) in [6, 6.07) is 10.8. The first kappa shape index (κ1) is 21.0. The molecule has 0 saturated carbocycles. The lowest BCUT2D eigenvalue weighted by Gasteiger charge is -2.25. The summed E-state index contributed by atoms with van der Waals surface area (Å²) < 4.78 is 5.09. The number of rotatable bonds is 7. The molecular formula is C21H20N2O7. The van der Waals surface area contributed by atoms with E-state index in [0.717, 1.165) is 0 Å². The van der Waals surface area contributed by atoms with Gasteiger partial charge in [-0.2, -0.15) is 0 Å². The minimum absolute atomic E-state index is 0.0854. The van der Waals surface area contributed by atoms with Crippen LogP contribution in [0.5, 0.6) is 5.75 Å². The van der Waals surface area contributed by atoms with Gasteiger partial charge in [-0.05, 0) is 48.4 Å². The van der Waals surface area contributed by atoms with Crippen molar-refractivity contribution >= 4 is 23.1 Å². The van der Waals surface area contributed by atoms with Crippen LogP contribution in [0.4, 0.5) is 5.69 Å². The van der Waals surface area contributed by atoms with E-state index in [1.807, 2.05) is 0 Å². The molecule has 0 spiro atoms. The van der Waals surface area contributed by atoms with Gasteiger partial charge in [-0.1, -0.05) is 0 Å². The van der Waals surface area contributed by atoms with E-state index in [9.17, 15) is 24.8 Å². The summed E-state index contributed by atoms with van der Waals surface area (Å²) in [5, 5.41) is 31.0. The maximum absolute atomic E-state index is 12.8. The molecule has 0 aliphatic carbocycles. The molecule has 1 heterocycles. The molecule has 0 unspecified atom stereocenters. The van der Waals surface area contributed by atoms with Crippen LogP contribution in [0.1, 0.15) is 23.6 Å². The Labute approximate surface area is 172 Å². The van der Waals surface area contributed by atoms with Gasteiger partial charge in [0.2, 0.25) is 0 Å². The SMILES string of the molecule is COc1ccc(C(O)=C2C(=O)C(=O)N(CCCO)[C@H]2c2ccc([N+](=O)[O-])cc2)cc1. The van der Waals surface area contributed by atoms with Gasteiger partial charge in [0.05, 0.1) is 23.6 Å². The van der Waals surface area contributed by atoms with Gasteiger partial charge in [-0.3, -0.25) is 19.7 Å². The molecule has 2 N–H and O–H groups in total. The lowest BCUT2D eigenvalue weighted by Crippen LogP contribution is -2.31. The third-order valence-corrected chi connectivity index (χ3v) is 4.88. The predicted octanol–water partition coefficient (Wildman–Crippen LogP) is 2.41. The Morgan fingerprint density at radius 1 is 1.13 bits per heavy atom. The van der Waals surface area contributed by atoms with E-state index in [-0.39, 0.29) is 36.6 Å². The zero-order chi connectivity index (χ0) is 21.8. The number of hydrogen-bond donors (Lipinski definition) is 2. The number of likely N-dealkylation sites (tertiary alicyclic amines) is 1. The van der Waals surface area contributed by atoms with Crippen LogP contribution in [-0.2, 0) is 9.59 Å². The number of carbonyl (C=O) groups excluding carboxylic acids is 2.